The van der Waals surface area contributed by atoms with Crippen LogP contribution in [0.5, 0.6) is 5.75 Å². The van der Waals surface area contributed by atoms with Crippen molar-refractivity contribution in [3.05, 3.63) is 28.8 Å². The van der Waals surface area contributed by atoms with E-state index in [1.807, 2.05) is 13.8 Å². The Morgan fingerprint density at radius 3 is 2.67 bits per heavy atom. The zero-order valence-corrected chi connectivity index (χ0v) is 11.5. The predicted molar refractivity (Wildman–Crippen MR) is 70.9 cm³/mol. The van der Waals surface area contributed by atoms with Crippen molar-refractivity contribution >= 4 is 17.5 Å². The van der Waals surface area contributed by atoms with Crippen molar-refractivity contribution in [1.82, 2.24) is 5.32 Å². The van der Waals surface area contributed by atoms with Gasteiger partial charge in [-0.2, -0.15) is 0 Å². The number of aliphatic hydroxyl groups is 1. The predicted octanol–water partition coefficient (Wildman–Crippen LogP) is 2.30. The topological polar surface area (TPSA) is 58.6 Å². The molecule has 0 fully saturated rings. The van der Waals surface area contributed by atoms with Gasteiger partial charge in [-0.05, 0) is 39.0 Å². The maximum absolute atomic E-state index is 11.5. The third-order valence-electron chi connectivity index (χ3n) is 2.23. The van der Waals surface area contributed by atoms with Crippen molar-refractivity contribution in [2.75, 3.05) is 6.61 Å². The van der Waals surface area contributed by atoms with E-state index in [2.05, 4.69) is 5.32 Å². The Labute approximate surface area is 112 Å². The fourth-order valence-electron chi connectivity index (χ4n) is 1.48. The highest BCUT2D eigenvalue weighted by atomic mass is 35.5. The van der Waals surface area contributed by atoms with Crippen molar-refractivity contribution in [2.45, 2.75) is 32.9 Å². The Morgan fingerprint density at radius 2 is 2.11 bits per heavy atom. The van der Waals surface area contributed by atoms with Crippen LogP contribution in [0.25, 0.3) is 0 Å². The normalized spacial score (nSPS) is 12.3. The van der Waals surface area contributed by atoms with Crippen LogP contribution in [0.15, 0.2) is 18.2 Å². The summed E-state index contributed by atoms with van der Waals surface area (Å²) in [5.74, 6) is 0.268. The molecule has 1 amide bonds. The monoisotopic (exact) mass is 271 g/mol. The Morgan fingerprint density at radius 1 is 1.44 bits per heavy atom. The summed E-state index contributed by atoms with van der Waals surface area (Å²) in [5, 5.41) is 12.8. The van der Waals surface area contributed by atoms with Gasteiger partial charge in [-0.1, -0.05) is 11.6 Å². The van der Waals surface area contributed by atoms with Gasteiger partial charge in [0.2, 0.25) is 0 Å². The van der Waals surface area contributed by atoms with Gasteiger partial charge in [-0.25, -0.2) is 0 Å². The SMILES string of the molecule is CC(C)NC(=O)COc1ccc(Cl)cc1C(C)O. The highest BCUT2D eigenvalue weighted by Crippen LogP contribution is 2.28. The van der Waals surface area contributed by atoms with Crippen LogP contribution in [-0.2, 0) is 4.79 Å². The van der Waals surface area contributed by atoms with Crippen LogP contribution in [0.2, 0.25) is 5.02 Å². The lowest BCUT2D eigenvalue weighted by molar-refractivity contribution is -0.123. The standard InChI is InChI=1S/C13H18ClNO3/c1-8(2)15-13(17)7-18-12-5-4-10(14)6-11(12)9(3)16/h4-6,8-9,16H,7H2,1-3H3,(H,15,17). The second-order valence-corrected chi connectivity index (χ2v) is 4.81. The number of ether oxygens (including phenoxy) is 1. The van der Waals surface area contributed by atoms with E-state index in [0.29, 0.717) is 16.3 Å². The van der Waals surface area contributed by atoms with Gasteiger partial charge in [-0.15, -0.1) is 0 Å². The summed E-state index contributed by atoms with van der Waals surface area (Å²) in [6.45, 7) is 5.29. The van der Waals surface area contributed by atoms with Gasteiger partial charge in [0.05, 0.1) is 6.10 Å². The lowest BCUT2D eigenvalue weighted by Gasteiger charge is -2.14. The molecule has 0 saturated carbocycles. The Kier molecular flexibility index (Phi) is 5.44. The number of hydrogen-bond acceptors (Lipinski definition) is 3. The Bertz CT molecular complexity index is 419. The number of aliphatic hydroxyl groups excluding tert-OH is 1. The van der Waals surface area contributed by atoms with Crippen molar-refractivity contribution < 1.29 is 14.6 Å². The molecule has 2 N–H and O–H groups in total. The Balaban J connectivity index is 2.70. The first-order valence-electron chi connectivity index (χ1n) is 5.80. The zero-order valence-electron chi connectivity index (χ0n) is 10.7. The van der Waals surface area contributed by atoms with Gasteiger partial charge in [0.25, 0.3) is 5.91 Å². The number of nitrogens with one attached hydrogen (secondary N) is 1. The molecule has 0 saturated heterocycles. The molecule has 0 heterocycles. The van der Waals surface area contributed by atoms with Crippen LogP contribution < -0.4 is 10.1 Å². The van der Waals surface area contributed by atoms with E-state index >= 15 is 0 Å². The van der Waals surface area contributed by atoms with Crippen LogP contribution in [0.4, 0.5) is 0 Å². The maximum Gasteiger partial charge on any atom is 0.258 e. The summed E-state index contributed by atoms with van der Waals surface area (Å²) in [6.07, 6.45) is -0.702. The van der Waals surface area contributed by atoms with Crippen LogP contribution in [0.3, 0.4) is 0 Å². The van der Waals surface area contributed by atoms with Crippen LogP contribution in [-0.4, -0.2) is 23.7 Å². The van der Waals surface area contributed by atoms with E-state index in [-0.39, 0.29) is 18.6 Å². The van der Waals surface area contributed by atoms with Gasteiger partial charge in [0, 0.05) is 16.6 Å². The molecule has 18 heavy (non-hydrogen) atoms. The van der Waals surface area contributed by atoms with Crippen molar-refractivity contribution in [3.8, 4) is 5.75 Å². The van der Waals surface area contributed by atoms with Gasteiger partial charge in [0.15, 0.2) is 6.61 Å². The third kappa shape index (κ3) is 4.55. The summed E-state index contributed by atoms with van der Waals surface area (Å²) >= 11 is 5.85. The molecule has 0 radical (unpaired) electrons. The average molecular weight is 272 g/mol. The number of hydrogen-bond donors (Lipinski definition) is 2. The van der Waals surface area contributed by atoms with E-state index in [1.165, 1.54) is 0 Å². The lowest BCUT2D eigenvalue weighted by atomic mass is 10.1. The molecular formula is C13H18ClNO3. The first-order chi connectivity index (χ1) is 8.40. The molecule has 0 aliphatic heterocycles. The number of carbonyl (C=O) groups excluding carboxylic acids is 1. The molecule has 0 spiro atoms. The smallest absolute Gasteiger partial charge is 0.258 e. The first-order valence-corrected chi connectivity index (χ1v) is 6.17. The highest BCUT2D eigenvalue weighted by Gasteiger charge is 2.12. The third-order valence-corrected chi connectivity index (χ3v) is 2.47. The molecule has 0 aromatic heterocycles. The highest BCUT2D eigenvalue weighted by molar-refractivity contribution is 6.30. The molecule has 5 heteroatoms. The number of carbonyl (C=O) groups is 1. The molecule has 100 valence electrons. The van der Waals surface area contributed by atoms with Crippen molar-refractivity contribution in [3.63, 3.8) is 0 Å². The van der Waals surface area contributed by atoms with E-state index < -0.39 is 6.10 Å². The Hall–Kier alpha value is -1.26. The maximum atomic E-state index is 11.5. The minimum absolute atomic E-state index is 0.0718. The fraction of sp³-hybridized carbons (Fsp3) is 0.462. The molecule has 1 unspecified atom stereocenters. The lowest BCUT2D eigenvalue weighted by Crippen LogP contribution is -2.34. The van der Waals surface area contributed by atoms with E-state index in [9.17, 15) is 9.90 Å². The largest absolute Gasteiger partial charge is 0.483 e. The summed E-state index contributed by atoms with van der Waals surface area (Å²) in [4.78, 5) is 11.5. The van der Waals surface area contributed by atoms with Gasteiger partial charge >= 0.3 is 0 Å². The average Bonchev–Trinajstić information content (AvgIpc) is 2.26. The fourth-order valence-corrected chi connectivity index (χ4v) is 1.66. The molecule has 1 rings (SSSR count). The molecule has 1 atom stereocenters. The number of halogens is 1. The summed E-state index contributed by atoms with van der Waals surface area (Å²) in [6, 6.07) is 5.00. The number of rotatable bonds is 5. The van der Waals surface area contributed by atoms with Gasteiger partial charge < -0.3 is 15.2 Å². The van der Waals surface area contributed by atoms with Gasteiger partial charge in [0.1, 0.15) is 5.75 Å². The molecule has 0 bridgehead atoms. The molecule has 0 aliphatic rings. The van der Waals surface area contributed by atoms with Crippen LogP contribution >= 0.6 is 11.6 Å². The second-order valence-electron chi connectivity index (χ2n) is 4.37. The second kappa shape index (κ2) is 6.61. The van der Waals surface area contributed by atoms with E-state index in [0.717, 1.165) is 0 Å². The van der Waals surface area contributed by atoms with Gasteiger partial charge in [-0.3, -0.25) is 4.79 Å². The molecule has 1 aromatic rings. The summed E-state index contributed by atoms with van der Waals surface area (Å²) < 4.78 is 5.39. The van der Waals surface area contributed by atoms with E-state index in [1.54, 1.807) is 25.1 Å². The van der Waals surface area contributed by atoms with Crippen LogP contribution in [0, 0.1) is 0 Å². The molecule has 0 aliphatic carbocycles. The summed E-state index contributed by atoms with van der Waals surface area (Å²) in [7, 11) is 0. The molecule has 1 aromatic carbocycles. The number of benzene rings is 1. The first kappa shape index (κ1) is 14.8. The molecular weight excluding hydrogens is 254 g/mol. The quantitative estimate of drug-likeness (QED) is 0.864. The van der Waals surface area contributed by atoms with Crippen LogP contribution in [0.1, 0.15) is 32.4 Å². The van der Waals surface area contributed by atoms with Crippen molar-refractivity contribution in [2.24, 2.45) is 0 Å². The number of amides is 1. The molecule has 4 nitrogen and oxygen atoms in total. The minimum atomic E-state index is -0.702. The van der Waals surface area contributed by atoms with Crippen molar-refractivity contribution in [1.29, 1.82) is 0 Å². The zero-order chi connectivity index (χ0) is 13.7. The van der Waals surface area contributed by atoms with E-state index in [4.69, 9.17) is 16.3 Å². The summed E-state index contributed by atoms with van der Waals surface area (Å²) in [5.41, 5.74) is 0.569. The minimum Gasteiger partial charge on any atom is -0.483 e.